The van der Waals surface area contributed by atoms with Gasteiger partial charge in [-0.25, -0.2) is 0 Å². The van der Waals surface area contributed by atoms with Crippen LogP contribution in [0.3, 0.4) is 0 Å². The van der Waals surface area contributed by atoms with Gasteiger partial charge in [0.15, 0.2) is 0 Å². The summed E-state index contributed by atoms with van der Waals surface area (Å²) in [7, 11) is 2.35. The monoisotopic (exact) mass is 280 g/mol. The van der Waals surface area contributed by atoms with E-state index < -0.39 is 0 Å². The molecule has 2 saturated carbocycles. The maximum absolute atomic E-state index is 3.84. The van der Waals surface area contributed by atoms with Crippen LogP contribution in [-0.2, 0) is 0 Å². The molecule has 2 nitrogen and oxygen atoms in total. The summed E-state index contributed by atoms with van der Waals surface area (Å²) in [4.78, 5) is 2.65. The van der Waals surface area contributed by atoms with Crippen LogP contribution in [0.5, 0.6) is 0 Å². The molecule has 2 rings (SSSR count). The van der Waals surface area contributed by atoms with Gasteiger partial charge in [-0.1, -0.05) is 20.8 Å². The van der Waals surface area contributed by atoms with Gasteiger partial charge >= 0.3 is 0 Å². The molecule has 0 aromatic rings. The molecule has 0 amide bonds. The smallest absolute Gasteiger partial charge is 0.0113 e. The summed E-state index contributed by atoms with van der Waals surface area (Å²) >= 11 is 0. The Kier molecular flexibility index (Phi) is 5.92. The van der Waals surface area contributed by atoms with Crippen molar-refractivity contribution >= 4 is 0 Å². The quantitative estimate of drug-likeness (QED) is 0.764. The lowest BCUT2D eigenvalue weighted by Gasteiger charge is -2.43. The third-order valence-corrected chi connectivity index (χ3v) is 5.83. The van der Waals surface area contributed by atoms with Crippen LogP contribution in [0.4, 0.5) is 0 Å². The van der Waals surface area contributed by atoms with Gasteiger partial charge in [0, 0.05) is 18.6 Å². The van der Waals surface area contributed by atoms with Crippen LogP contribution in [0.2, 0.25) is 0 Å². The first kappa shape index (κ1) is 16.3. The van der Waals surface area contributed by atoms with Crippen LogP contribution >= 0.6 is 0 Å². The molecule has 1 N–H and O–H groups in total. The molecule has 0 radical (unpaired) electrons. The van der Waals surface area contributed by atoms with Crippen molar-refractivity contribution in [2.45, 2.75) is 71.9 Å². The fraction of sp³-hybridized carbons (Fsp3) is 1.00. The lowest BCUT2D eigenvalue weighted by atomic mass is 9.72. The van der Waals surface area contributed by atoms with E-state index in [0.717, 1.165) is 35.8 Å². The fourth-order valence-electron chi connectivity index (χ4n) is 4.22. The second-order valence-electron chi connectivity index (χ2n) is 7.80. The van der Waals surface area contributed by atoms with Gasteiger partial charge in [0.05, 0.1) is 0 Å². The highest BCUT2D eigenvalue weighted by atomic mass is 15.1. The van der Waals surface area contributed by atoms with Crippen LogP contribution in [0.25, 0.3) is 0 Å². The second-order valence-corrected chi connectivity index (χ2v) is 7.80. The molecular formula is C18H36N2. The lowest BCUT2D eigenvalue weighted by Crippen LogP contribution is -2.50. The van der Waals surface area contributed by atoms with E-state index >= 15 is 0 Å². The first-order valence-electron chi connectivity index (χ1n) is 8.96. The standard InChI is InChI=1S/C18H36N2/c1-6-9-19-18-11-13(2)10-14(3)17(18)12-20(5)15(4)16-7-8-16/h13-19H,6-12H2,1-5H3. The molecule has 2 heteroatoms. The third kappa shape index (κ3) is 4.21. The van der Waals surface area contributed by atoms with Crippen molar-refractivity contribution in [2.24, 2.45) is 23.7 Å². The van der Waals surface area contributed by atoms with Crippen LogP contribution in [0.1, 0.15) is 59.8 Å². The molecule has 118 valence electrons. The Morgan fingerprint density at radius 1 is 1.20 bits per heavy atom. The van der Waals surface area contributed by atoms with Gasteiger partial charge in [-0.3, -0.25) is 0 Å². The number of nitrogens with zero attached hydrogens (tertiary/aromatic N) is 1. The first-order valence-corrected chi connectivity index (χ1v) is 8.96. The van der Waals surface area contributed by atoms with E-state index in [2.05, 4.69) is 45.0 Å². The molecule has 2 aliphatic carbocycles. The Balaban J connectivity index is 1.92. The summed E-state index contributed by atoms with van der Waals surface area (Å²) in [5.41, 5.74) is 0. The van der Waals surface area contributed by atoms with Gasteiger partial charge in [0.1, 0.15) is 0 Å². The van der Waals surface area contributed by atoms with Crippen molar-refractivity contribution in [3.8, 4) is 0 Å². The SMILES string of the molecule is CCCNC1CC(C)CC(C)C1CN(C)C(C)C1CC1. The number of rotatable bonds is 7. The fourth-order valence-corrected chi connectivity index (χ4v) is 4.22. The first-order chi connectivity index (χ1) is 9.52. The zero-order valence-corrected chi connectivity index (χ0v) is 14.4. The second kappa shape index (κ2) is 7.26. The minimum Gasteiger partial charge on any atom is -0.314 e. The van der Waals surface area contributed by atoms with Crippen LogP contribution in [0, 0.1) is 23.7 Å². The predicted octanol–water partition coefficient (Wildman–Crippen LogP) is 3.77. The molecular weight excluding hydrogens is 244 g/mol. The zero-order valence-electron chi connectivity index (χ0n) is 14.4. The van der Waals surface area contributed by atoms with Crippen molar-refractivity contribution in [3.63, 3.8) is 0 Å². The average molecular weight is 281 g/mol. The van der Waals surface area contributed by atoms with E-state index in [1.54, 1.807) is 0 Å². The summed E-state index contributed by atoms with van der Waals surface area (Å²) in [6.07, 6.45) is 6.96. The van der Waals surface area contributed by atoms with Crippen LogP contribution in [-0.4, -0.2) is 37.1 Å². The minimum atomic E-state index is 0.738. The van der Waals surface area contributed by atoms with Gasteiger partial charge in [-0.15, -0.1) is 0 Å². The van der Waals surface area contributed by atoms with Crippen molar-refractivity contribution in [3.05, 3.63) is 0 Å². The molecule has 2 aliphatic rings. The molecule has 0 bridgehead atoms. The highest BCUT2D eigenvalue weighted by molar-refractivity contribution is 4.91. The lowest BCUT2D eigenvalue weighted by molar-refractivity contribution is 0.0927. The van der Waals surface area contributed by atoms with Crippen LogP contribution in [0.15, 0.2) is 0 Å². The maximum Gasteiger partial charge on any atom is 0.0113 e. The van der Waals surface area contributed by atoms with Crippen molar-refractivity contribution in [1.82, 2.24) is 10.2 Å². The van der Waals surface area contributed by atoms with Gasteiger partial charge in [-0.2, -0.15) is 0 Å². The van der Waals surface area contributed by atoms with Gasteiger partial charge < -0.3 is 10.2 Å². The maximum atomic E-state index is 3.84. The molecule has 0 aromatic carbocycles. The molecule has 0 spiro atoms. The van der Waals surface area contributed by atoms with Gasteiger partial charge in [-0.05, 0) is 76.3 Å². The molecule has 0 aromatic heterocycles. The van der Waals surface area contributed by atoms with E-state index in [4.69, 9.17) is 0 Å². The molecule has 2 fully saturated rings. The van der Waals surface area contributed by atoms with E-state index in [1.165, 1.54) is 45.2 Å². The summed E-state index contributed by atoms with van der Waals surface area (Å²) in [6, 6.07) is 1.52. The Labute approximate surface area is 126 Å². The van der Waals surface area contributed by atoms with Crippen LogP contribution < -0.4 is 5.32 Å². The van der Waals surface area contributed by atoms with Crippen molar-refractivity contribution < 1.29 is 0 Å². The average Bonchev–Trinajstić information content (AvgIpc) is 3.23. The molecule has 5 atom stereocenters. The summed E-state index contributed by atoms with van der Waals surface area (Å²) in [5.74, 6) is 3.58. The molecule has 0 heterocycles. The van der Waals surface area contributed by atoms with Gasteiger partial charge in [0.25, 0.3) is 0 Å². The normalized spacial score (nSPS) is 36.3. The zero-order chi connectivity index (χ0) is 14.7. The Morgan fingerprint density at radius 3 is 2.50 bits per heavy atom. The Hall–Kier alpha value is -0.0800. The topological polar surface area (TPSA) is 15.3 Å². The number of hydrogen-bond donors (Lipinski definition) is 1. The van der Waals surface area contributed by atoms with E-state index in [1.807, 2.05) is 0 Å². The highest BCUT2D eigenvalue weighted by Crippen LogP contribution is 2.37. The van der Waals surface area contributed by atoms with E-state index in [0.29, 0.717) is 0 Å². The number of nitrogens with one attached hydrogen (secondary N) is 1. The molecule has 20 heavy (non-hydrogen) atoms. The summed E-state index contributed by atoms with van der Waals surface area (Å²) in [6.45, 7) is 12.1. The minimum absolute atomic E-state index is 0.738. The summed E-state index contributed by atoms with van der Waals surface area (Å²) < 4.78 is 0. The van der Waals surface area contributed by atoms with Crippen molar-refractivity contribution in [2.75, 3.05) is 20.1 Å². The predicted molar refractivity (Wildman–Crippen MR) is 87.9 cm³/mol. The van der Waals surface area contributed by atoms with Crippen molar-refractivity contribution in [1.29, 1.82) is 0 Å². The molecule has 0 aliphatic heterocycles. The molecule has 0 saturated heterocycles. The Bertz CT molecular complexity index is 287. The van der Waals surface area contributed by atoms with E-state index in [-0.39, 0.29) is 0 Å². The highest BCUT2D eigenvalue weighted by Gasteiger charge is 2.37. The number of hydrogen-bond acceptors (Lipinski definition) is 2. The summed E-state index contributed by atoms with van der Waals surface area (Å²) in [5, 5.41) is 3.84. The Morgan fingerprint density at radius 2 is 1.90 bits per heavy atom. The largest absolute Gasteiger partial charge is 0.314 e. The van der Waals surface area contributed by atoms with E-state index in [9.17, 15) is 0 Å². The van der Waals surface area contributed by atoms with Gasteiger partial charge in [0.2, 0.25) is 0 Å². The molecule has 5 unspecified atom stereocenters. The third-order valence-electron chi connectivity index (χ3n) is 5.83.